The molecular weight excluding hydrogens is 438 g/mol. The van der Waals surface area contributed by atoms with Gasteiger partial charge in [-0.05, 0) is 67.1 Å². The van der Waals surface area contributed by atoms with Crippen LogP contribution in [-0.4, -0.2) is 42.9 Å². The molecule has 2 aromatic carbocycles. The molecule has 0 bridgehead atoms. The van der Waals surface area contributed by atoms with Crippen LogP contribution in [0.3, 0.4) is 0 Å². The van der Waals surface area contributed by atoms with Crippen LogP contribution in [0.2, 0.25) is 0 Å². The Hall–Kier alpha value is -3.78. The van der Waals surface area contributed by atoms with Gasteiger partial charge in [0.15, 0.2) is 0 Å². The van der Waals surface area contributed by atoms with Gasteiger partial charge in [0.2, 0.25) is 0 Å². The fraction of sp³-hybridized carbons (Fsp3) is 0.308. The van der Waals surface area contributed by atoms with Crippen LogP contribution in [0.15, 0.2) is 45.6 Å². The molecule has 2 aliphatic rings. The van der Waals surface area contributed by atoms with E-state index in [0.29, 0.717) is 24.2 Å². The molecule has 0 radical (unpaired) electrons. The summed E-state index contributed by atoms with van der Waals surface area (Å²) in [6, 6.07) is 9.56. The molecule has 2 amide bonds. The second-order valence-electron chi connectivity index (χ2n) is 8.51. The molecule has 174 valence electrons. The van der Waals surface area contributed by atoms with E-state index in [2.05, 4.69) is 0 Å². The second kappa shape index (κ2) is 8.87. The van der Waals surface area contributed by atoms with E-state index in [4.69, 9.17) is 13.9 Å². The Bertz CT molecular complexity index is 1390. The predicted octanol–water partition coefficient (Wildman–Crippen LogP) is 3.27. The lowest BCUT2D eigenvalue weighted by atomic mass is 10.0. The van der Waals surface area contributed by atoms with Crippen molar-refractivity contribution in [3.8, 4) is 0 Å². The molecule has 0 fully saturated rings. The molecule has 8 heteroatoms. The molecule has 3 aromatic rings. The predicted molar refractivity (Wildman–Crippen MR) is 122 cm³/mol. The summed E-state index contributed by atoms with van der Waals surface area (Å²) >= 11 is 0. The first-order chi connectivity index (χ1) is 16.5. The number of nitrogens with zero attached hydrogens (tertiary/aromatic N) is 1. The number of hydrogen-bond acceptors (Lipinski definition) is 7. The number of methoxy groups -OCH3 is 1. The van der Waals surface area contributed by atoms with Gasteiger partial charge in [0.25, 0.3) is 11.8 Å². The normalized spacial score (nSPS) is 14.6. The van der Waals surface area contributed by atoms with Crippen LogP contribution in [-0.2, 0) is 28.9 Å². The number of amides is 2. The third kappa shape index (κ3) is 3.90. The van der Waals surface area contributed by atoms with Gasteiger partial charge in [0.05, 0.1) is 16.7 Å². The van der Waals surface area contributed by atoms with E-state index >= 15 is 0 Å². The van der Waals surface area contributed by atoms with Gasteiger partial charge in [-0.25, -0.2) is 9.59 Å². The van der Waals surface area contributed by atoms with Crippen LogP contribution < -0.4 is 5.63 Å². The monoisotopic (exact) mass is 461 g/mol. The maximum Gasteiger partial charge on any atom is 0.338 e. The summed E-state index contributed by atoms with van der Waals surface area (Å²) in [5, 5.41) is 0.745. The number of rotatable bonds is 7. The molecule has 0 unspecified atom stereocenters. The summed E-state index contributed by atoms with van der Waals surface area (Å²) < 4.78 is 15.8. The number of ether oxygens (including phenoxy) is 2. The van der Waals surface area contributed by atoms with Gasteiger partial charge in [0, 0.05) is 37.3 Å². The minimum Gasteiger partial charge on any atom is -0.457 e. The van der Waals surface area contributed by atoms with E-state index in [-0.39, 0.29) is 35.7 Å². The fourth-order valence-electron chi connectivity index (χ4n) is 4.63. The summed E-state index contributed by atoms with van der Waals surface area (Å²) in [6.07, 6.45) is 3.51. The number of carbonyl (C=O) groups is 3. The van der Waals surface area contributed by atoms with Gasteiger partial charge >= 0.3 is 11.6 Å². The Balaban J connectivity index is 1.35. The van der Waals surface area contributed by atoms with E-state index in [1.54, 1.807) is 7.11 Å². The summed E-state index contributed by atoms with van der Waals surface area (Å²) in [5.41, 5.74) is 3.53. The van der Waals surface area contributed by atoms with Crippen molar-refractivity contribution >= 4 is 28.8 Å². The SMILES string of the molecule is COCCCN1C(=O)c2ccc(C(=O)OCc3cc(=O)oc4cc5c(cc34)CCC5)cc2C1=O. The zero-order valence-electron chi connectivity index (χ0n) is 18.7. The molecule has 0 N–H and O–H groups in total. The molecule has 2 heterocycles. The van der Waals surface area contributed by atoms with Gasteiger partial charge < -0.3 is 13.9 Å². The third-order valence-electron chi connectivity index (χ3n) is 6.34. The molecule has 0 saturated heterocycles. The molecule has 5 rings (SSSR count). The van der Waals surface area contributed by atoms with Crippen LogP contribution >= 0.6 is 0 Å². The maximum atomic E-state index is 12.8. The highest BCUT2D eigenvalue weighted by Gasteiger charge is 2.35. The topological polar surface area (TPSA) is 103 Å². The first kappa shape index (κ1) is 22.0. The smallest absolute Gasteiger partial charge is 0.338 e. The van der Waals surface area contributed by atoms with Crippen LogP contribution in [0.1, 0.15) is 60.6 Å². The zero-order valence-corrected chi connectivity index (χ0v) is 18.7. The van der Waals surface area contributed by atoms with Crippen molar-refractivity contribution in [2.45, 2.75) is 32.3 Å². The Morgan fingerprint density at radius 1 is 1.00 bits per heavy atom. The van der Waals surface area contributed by atoms with Crippen LogP contribution in [0.5, 0.6) is 0 Å². The Morgan fingerprint density at radius 2 is 1.76 bits per heavy atom. The zero-order chi connectivity index (χ0) is 23.8. The Morgan fingerprint density at radius 3 is 2.56 bits per heavy atom. The lowest BCUT2D eigenvalue weighted by Crippen LogP contribution is -2.31. The van der Waals surface area contributed by atoms with Gasteiger partial charge in [-0.15, -0.1) is 0 Å². The number of aryl methyl sites for hydroxylation is 2. The van der Waals surface area contributed by atoms with Crippen molar-refractivity contribution in [2.75, 3.05) is 20.3 Å². The fourth-order valence-corrected chi connectivity index (χ4v) is 4.63. The number of imide groups is 1. The van der Waals surface area contributed by atoms with Gasteiger partial charge in [-0.3, -0.25) is 14.5 Å². The average Bonchev–Trinajstić information content (AvgIpc) is 3.38. The lowest BCUT2D eigenvalue weighted by molar-refractivity contribution is 0.0473. The maximum absolute atomic E-state index is 12.8. The third-order valence-corrected chi connectivity index (χ3v) is 6.34. The first-order valence-electron chi connectivity index (χ1n) is 11.2. The molecule has 0 atom stereocenters. The first-order valence-corrected chi connectivity index (χ1v) is 11.2. The number of esters is 1. The minimum absolute atomic E-state index is 0.118. The summed E-state index contributed by atoms with van der Waals surface area (Å²) in [7, 11) is 1.55. The van der Waals surface area contributed by atoms with Crippen molar-refractivity contribution in [1.82, 2.24) is 4.90 Å². The number of hydrogen-bond donors (Lipinski definition) is 0. The highest BCUT2D eigenvalue weighted by atomic mass is 16.5. The van der Waals surface area contributed by atoms with E-state index in [1.807, 2.05) is 12.1 Å². The average molecular weight is 461 g/mol. The van der Waals surface area contributed by atoms with E-state index in [1.165, 1.54) is 35.4 Å². The minimum atomic E-state index is -0.650. The highest BCUT2D eigenvalue weighted by molar-refractivity contribution is 6.21. The molecule has 0 saturated carbocycles. The van der Waals surface area contributed by atoms with Gasteiger partial charge in [-0.2, -0.15) is 0 Å². The van der Waals surface area contributed by atoms with Crippen molar-refractivity contribution in [2.24, 2.45) is 0 Å². The summed E-state index contributed by atoms with van der Waals surface area (Å²) in [4.78, 5) is 51.2. The molecule has 8 nitrogen and oxygen atoms in total. The lowest BCUT2D eigenvalue weighted by Gasteiger charge is -2.12. The highest BCUT2D eigenvalue weighted by Crippen LogP contribution is 2.29. The number of fused-ring (bicyclic) bond motifs is 3. The Kier molecular flexibility index (Phi) is 5.75. The summed E-state index contributed by atoms with van der Waals surface area (Å²) in [6.45, 7) is 0.556. The van der Waals surface area contributed by atoms with E-state index < -0.39 is 17.5 Å². The number of benzene rings is 2. The molecule has 1 aliphatic heterocycles. The molecule has 1 aliphatic carbocycles. The molecule has 0 spiro atoms. The van der Waals surface area contributed by atoms with E-state index in [9.17, 15) is 19.2 Å². The standard InChI is InChI=1S/C26H23NO7/c1-32-9-3-8-27-24(29)19-7-6-17(11-21(19)25(27)30)26(31)33-14-18-13-23(28)34-22-12-16-5-2-4-15(16)10-20(18)22/h6-7,10-13H,2-5,8-9,14H2,1H3. The summed E-state index contributed by atoms with van der Waals surface area (Å²) in [5.74, 6) is -1.47. The van der Waals surface area contributed by atoms with Crippen molar-refractivity contribution < 1.29 is 28.3 Å². The van der Waals surface area contributed by atoms with E-state index in [0.717, 1.165) is 29.5 Å². The van der Waals surface area contributed by atoms with Crippen molar-refractivity contribution in [1.29, 1.82) is 0 Å². The molecule has 1 aromatic heterocycles. The largest absolute Gasteiger partial charge is 0.457 e. The molecule has 34 heavy (non-hydrogen) atoms. The second-order valence-corrected chi connectivity index (χ2v) is 8.51. The van der Waals surface area contributed by atoms with Gasteiger partial charge in [0.1, 0.15) is 12.2 Å². The van der Waals surface area contributed by atoms with Crippen molar-refractivity contribution in [3.05, 3.63) is 80.2 Å². The van der Waals surface area contributed by atoms with Crippen LogP contribution in [0.25, 0.3) is 11.0 Å². The quantitative estimate of drug-likeness (QED) is 0.230. The molecular formula is C26H23NO7. The number of carbonyl (C=O) groups excluding carboxylic acids is 3. The van der Waals surface area contributed by atoms with Gasteiger partial charge in [-0.1, -0.05) is 0 Å². The van der Waals surface area contributed by atoms with Crippen molar-refractivity contribution in [3.63, 3.8) is 0 Å². The van der Waals surface area contributed by atoms with Crippen LogP contribution in [0, 0.1) is 0 Å². The van der Waals surface area contributed by atoms with Crippen LogP contribution in [0.4, 0.5) is 0 Å². The Labute approximate surface area is 195 Å².